The van der Waals surface area contributed by atoms with Gasteiger partial charge in [0.15, 0.2) is 0 Å². The number of carbonyl (C=O) groups excluding carboxylic acids is 1. The van der Waals surface area contributed by atoms with Gasteiger partial charge < -0.3 is 9.29 Å². The molecule has 0 N–H and O–H groups in total. The van der Waals surface area contributed by atoms with Gasteiger partial charge in [0.25, 0.3) is 0 Å². The van der Waals surface area contributed by atoms with E-state index in [0.717, 1.165) is 12.1 Å². The second kappa shape index (κ2) is 7.01. The maximum absolute atomic E-state index is 11.7. The molecule has 20 heavy (non-hydrogen) atoms. The van der Waals surface area contributed by atoms with Crippen molar-refractivity contribution in [2.75, 3.05) is 0 Å². The standard InChI is InChI=1S/C13H10O5S.Na/c14-13(10-5-2-1-3-6-10)18-11-7-4-8-12(9-11)19(15,16)17;/h1-9H,(H,15,16,17);/q;+1/p-1. The van der Waals surface area contributed by atoms with E-state index in [1.807, 2.05) is 0 Å². The van der Waals surface area contributed by atoms with Crippen LogP contribution in [0, 0.1) is 0 Å². The van der Waals surface area contributed by atoms with Crippen molar-refractivity contribution in [3.8, 4) is 5.75 Å². The molecule has 0 heterocycles. The Morgan fingerprint density at radius 1 is 1.00 bits per heavy atom. The third kappa shape index (κ3) is 4.43. The molecule has 0 saturated heterocycles. The number of ether oxygens (including phenoxy) is 1. The summed E-state index contributed by atoms with van der Waals surface area (Å²) in [6.07, 6.45) is 0. The molecule has 0 aromatic heterocycles. The van der Waals surface area contributed by atoms with Gasteiger partial charge in [-0.3, -0.25) is 0 Å². The molecule has 0 aliphatic heterocycles. The van der Waals surface area contributed by atoms with E-state index in [0.29, 0.717) is 5.56 Å². The molecule has 0 spiro atoms. The summed E-state index contributed by atoms with van der Waals surface area (Å²) in [6.45, 7) is 0. The van der Waals surface area contributed by atoms with Crippen molar-refractivity contribution in [3.05, 3.63) is 60.2 Å². The first kappa shape index (κ1) is 16.9. The van der Waals surface area contributed by atoms with Gasteiger partial charge in [-0.05, 0) is 30.3 Å². The van der Waals surface area contributed by atoms with Crippen LogP contribution in [0.25, 0.3) is 0 Å². The maximum atomic E-state index is 11.7. The minimum Gasteiger partial charge on any atom is -0.744 e. The summed E-state index contributed by atoms with van der Waals surface area (Å²) in [5.74, 6) is -0.619. The Morgan fingerprint density at radius 2 is 1.65 bits per heavy atom. The van der Waals surface area contributed by atoms with E-state index in [1.165, 1.54) is 12.1 Å². The summed E-state index contributed by atoms with van der Waals surface area (Å²) < 4.78 is 37.5. The van der Waals surface area contributed by atoms with E-state index in [1.54, 1.807) is 30.3 Å². The number of rotatable bonds is 3. The van der Waals surface area contributed by atoms with Crippen LogP contribution in [0.4, 0.5) is 0 Å². The third-order valence-corrected chi connectivity index (χ3v) is 3.15. The zero-order valence-corrected chi connectivity index (χ0v) is 13.5. The van der Waals surface area contributed by atoms with Crippen LogP contribution in [0.3, 0.4) is 0 Å². The molecule has 0 aliphatic carbocycles. The van der Waals surface area contributed by atoms with Crippen molar-refractivity contribution in [2.24, 2.45) is 0 Å². The van der Waals surface area contributed by atoms with E-state index < -0.39 is 21.0 Å². The molecule has 7 heteroatoms. The third-order valence-electron chi connectivity index (χ3n) is 2.31. The van der Waals surface area contributed by atoms with Gasteiger partial charge in [0.1, 0.15) is 15.9 Å². The first-order valence-corrected chi connectivity index (χ1v) is 6.71. The van der Waals surface area contributed by atoms with Gasteiger partial charge in [-0.2, -0.15) is 0 Å². The van der Waals surface area contributed by atoms with Crippen molar-refractivity contribution >= 4 is 16.1 Å². The molecular weight excluding hydrogens is 291 g/mol. The van der Waals surface area contributed by atoms with Gasteiger partial charge in [-0.15, -0.1) is 0 Å². The van der Waals surface area contributed by atoms with Crippen molar-refractivity contribution in [1.82, 2.24) is 0 Å². The predicted molar refractivity (Wildman–Crippen MR) is 65.8 cm³/mol. The summed E-state index contributed by atoms with van der Waals surface area (Å²) in [6, 6.07) is 13.1. The summed E-state index contributed by atoms with van der Waals surface area (Å²) in [7, 11) is -4.57. The predicted octanol–water partition coefficient (Wildman–Crippen LogP) is -1.19. The molecule has 0 aliphatic rings. The topological polar surface area (TPSA) is 83.5 Å². The van der Waals surface area contributed by atoms with Crippen LogP contribution in [-0.2, 0) is 10.1 Å². The first-order chi connectivity index (χ1) is 8.97. The van der Waals surface area contributed by atoms with Gasteiger partial charge in [-0.25, -0.2) is 13.2 Å². The molecule has 0 saturated carbocycles. The minimum atomic E-state index is -4.57. The fourth-order valence-corrected chi connectivity index (χ4v) is 1.94. The molecule has 0 radical (unpaired) electrons. The van der Waals surface area contributed by atoms with Gasteiger partial charge in [0, 0.05) is 0 Å². The van der Waals surface area contributed by atoms with Gasteiger partial charge in [0.2, 0.25) is 0 Å². The fraction of sp³-hybridized carbons (Fsp3) is 0. The van der Waals surface area contributed by atoms with Crippen LogP contribution in [0.15, 0.2) is 59.5 Å². The largest absolute Gasteiger partial charge is 1.00 e. The molecule has 2 aromatic carbocycles. The van der Waals surface area contributed by atoms with E-state index in [9.17, 15) is 17.8 Å². The quantitative estimate of drug-likeness (QED) is 0.308. The monoisotopic (exact) mass is 300 g/mol. The van der Waals surface area contributed by atoms with Crippen LogP contribution in [-0.4, -0.2) is 18.9 Å². The van der Waals surface area contributed by atoms with Crippen LogP contribution < -0.4 is 34.3 Å². The summed E-state index contributed by atoms with van der Waals surface area (Å²) in [4.78, 5) is 11.3. The fourth-order valence-electron chi connectivity index (χ4n) is 1.43. The second-order valence-corrected chi connectivity index (χ2v) is 5.06. The molecule has 0 bridgehead atoms. The Bertz CT molecular complexity index is 698. The molecule has 0 fully saturated rings. The Hall–Kier alpha value is -1.18. The van der Waals surface area contributed by atoms with Crippen LogP contribution in [0.2, 0.25) is 0 Å². The summed E-state index contributed by atoms with van der Waals surface area (Å²) in [5, 5.41) is 0. The average molecular weight is 300 g/mol. The second-order valence-electron chi connectivity index (χ2n) is 3.68. The molecule has 98 valence electrons. The van der Waals surface area contributed by atoms with Gasteiger partial charge in [0.05, 0.1) is 10.5 Å². The number of benzene rings is 2. The molecule has 0 atom stereocenters. The van der Waals surface area contributed by atoms with Gasteiger partial charge >= 0.3 is 35.5 Å². The molecular formula is C13H9NaO5S. The van der Waals surface area contributed by atoms with Crippen LogP contribution in [0.5, 0.6) is 5.75 Å². The van der Waals surface area contributed by atoms with Crippen molar-refractivity contribution in [2.45, 2.75) is 4.90 Å². The SMILES string of the molecule is O=C(Oc1cccc(S(=O)(=O)[O-])c1)c1ccccc1.[Na+]. The van der Waals surface area contributed by atoms with E-state index >= 15 is 0 Å². The summed E-state index contributed by atoms with van der Waals surface area (Å²) in [5.41, 5.74) is 0.331. The van der Waals surface area contributed by atoms with Gasteiger partial charge in [-0.1, -0.05) is 24.3 Å². The zero-order chi connectivity index (χ0) is 13.9. The Balaban J connectivity index is 0.00000200. The first-order valence-electron chi connectivity index (χ1n) is 5.30. The van der Waals surface area contributed by atoms with Crippen LogP contribution in [0.1, 0.15) is 10.4 Å². The number of hydrogen-bond acceptors (Lipinski definition) is 5. The molecule has 0 amide bonds. The molecule has 0 unspecified atom stereocenters. The molecule has 2 rings (SSSR count). The number of esters is 1. The van der Waals surface area contributed by atoms with E-state index in [4.69, 9.17) is 4.74 Å². The average Bonchev–Trinajstić information content (AvgIpc) is 2.39. The Labute approximate surface area is 138 Å². The normalized spacial score (nSPS) is 10.4. The Morgan fingerprint density at radius 3 is 2.25 bits per heavy atom. The zero-order valence-electron chi connectivity index (χ0n) is 10.6. The van der Waals surface area contributed by atoms with E-state index in [-0.39, 0.29) is 35.3 Å². The van der Waals surface area contributed by atoms with Crippen molar-refractivity contribution in [3.63, 3.8) is 0 Å². The Kier molecular flexibility index (Phi) is 5.91. The number of hydrogen-bond donors (Lipinski definition) is 0. The molecule has 5 nitrogen and oxygen atoms in total. The smallest absolute Gasteiger partial charge is 0.744 e. The maximum Gasteiger partial charge on any atom is 1.00 e. The van der Waals surface area contributed by atoms with Crippen molar-refractivity contribution < 1.29 is 52.1 Å². The number of carbonyl (C=O) groups is 1. The van der Waals surface area contributed by atoms with Crippen LogP contribution >= 0.6 is 0 Å². The summed E-state index contributed by atoms with van der Waals surface area (Å²) >= 11 is 0. The minimum absolute atomic E-state index is 0. The van der Waals surface area contributed by atoms with Crippen molar-refractivity contribution in [1.29, 1.82) is 0 Å². The molecule has 2 aromatic rings. The van der Waals surface area contributed by atoms with E-state index in [2.05, 4.69) is 0 Å².